The van der Waals surface area contributed by atoms with Crippen molar-refractivity contribution >= 4 is 21.6 Å². The zero-order valence-electron chi connectivity index (χ0n) is 11.3. The summed E-state index contributed by atoms with van der Waals surface area (Å²) in [5.74, 6) is 3.43. The zero-order chi connectivity index (χ0) is 13.3. The van der Waals surface area contributed by atoms with E-state index in [9.17, 15) is 8.42 Å². The molecule has 4 nitrogen and oxygen atoms in total. The first kappa shape index (κ1) is 14.2. The minimum Gasteiger partial charge on any atom is -0.374 e. The van der Waals surface area contributed by atoms with Crippen molar-refractivity contribution in [3.63, 3.8) is 0 Å². The molecule has 0 bridgehead atoms. The summed E-state index contributed by atoms with van der Waals surface area (Å²) in [7, 11) is -2.74. The Bertz CT molecular complexity index is 418. The Morgan fingerprint density at radius 2 is 2.26 bits per heavy atom. The van der Waals surface area contributed by atoms with Gasteiger partial charge in [-0.3, -0.25) is 0 Å². The van der Waals surface area contributed by atoms with Crippen molar-refractivity contribution in [1.82, 2.24) is 5.32 Å². The number of thioether (sulfide) groups is 1. The lowest BCUT2D eigenvalue weighted by Gasteiger charge is -2.38. The quantitative estimate of drug-likeness (QED) is 0.845. The van der Waals surface area contributed by atoms with Gasteiger partial charge in [-0.05, 0) is 43.9 Å². The van der Waals surface area contributed by atoms with Gasteiger partial charge in [0.15, 0.2) is 9.84 Å². The first-order valence-electron chi connectivity index (χ1n) is 7.22. The largest absolute Gasteiger partial charge is 0.374 e. The van der Waals surface area contributed by atoms with Gasteiger partial charge in [0.05, 0.1) is 17.1 Å². The molecule has 3 unspecified atom stereocenters. The Morgan fingerprint density at radius 1 is 1.37 bits per heavy atom. The Labute approximate surface area is 120 Å². The molecule has 3 fully saturated rings. The molecule has 0 aromatic heterocycles. The lowest BCUT2D eigenvalue weighted by atomic mass is 9.89. The van der Waals surface area contributed by atoms with Gasteiger partial charge in [0.25, 0.3) is 0 Å². The highest BCUT2D eigenvalue weighted by Crippen LogP contribution is 2.38. The molecule has 19 heavy (non-hydrogen) atoms. The van der Waals surface area contributed by atoms with E-state index in [1.807, 2.05) is 11.8 Å². The standard InChI is InChI=1S/C13H23NO3S2/c15-19(16)6-2-11(9-19)8-14-12-1-4-17-13(7-12)3-5-18-10-13/h11-12,14H,1-10H2. The molecular weight excluding hydrogens is 282 g/mol. The lowest BCUT2D eigenvalue weighted by Crippen LogP contribution is -2.48. The normalized spacial score (nSPS) is 41.9. The van der Waals surface area contributed by atoms with E-state index < -0.39 is 9.84 Å². The highest BCUT2D eigenvalue weighted by atomic mass is 32.2. The minimum absolute atomic E-state index is 0.113. The maximum atomic E-state index is 11.4. The third kappa shape index (κ3) is 3.46. The predicted octanol–water partition coefficient (Wildman–Crippen LogP) is 1.07. The molecule has 0 aromatic rings. The van der Waals surface area contributed by atoms with Gasteiger partial charge in [0.2, 0.25) is 0 Å². The van der Waals surface area contributed by atoms with Crippen LogP contribution in [0, 0.1) is 5.92 Å². The van der Waals surface area contributed by atoms with E-state index in [2.05, 4.69) is 5.32 Å². The Kier molecular flexibility index (Phi) is 4.13. The number of sulfone groups is 1. The van der Waals surface area contributed by atoms with Crippen LogP contribution < -0.4 is 5.32 Å². The summed E-state index contributed by atoms with van der Waals surface area (Å²) >= 11 is 1.99. The number of hydrogen-bond acceptors (Lipinski definition) is 5. The van der Waals surface area contributed by atoms with Crippen LogP contribution in [0.15, 0.2) is 0 Å². The minimum atomic E-state index is -2.74. The maximum Gasteiger partial charge on any atom is 0.150 e. The van der Waals surface area contributed by atoms with E-state index in [1.165, 1.54) is 12.2 Å². The summed E-state index contributed by atoms with van der Waals surface area (Å²) in [5, 5.41) is 3.60. The predicted molar refractivity (Wildman–Crippen MR) is 78.4 cm³/mol. The van der Waals surface area contributed by atoms with Crippen LogP contribution in [0.3, 0.4) is 0 Å². The van der Waals surface area contributed by atoms with Crippen LogP contribution in [-0.4, -0.2) is 56.2 Å². The fraction of sp³-hybridized carbons (Fsp3) is 1.00. The molecule has 3 rings (SSSR count). The smallest absolute Gasteiger partial charge is 0.150 e. The summed E-state index contributed by atoms with van der Waals surface area (Å²) in [5.41, 5.74) is 0.113. The van der Waals surface area contributed by atoms with Gasteiger partial charge < -0.3 is 10.1 Å². The van der Waals surface area contributed by atoms with E-state index >= 15 is 0 Å². The molecule has 1 spiro atoms. The van der Waals surface area contributed by atoms with Gasteiger partial charge in [-0.25, -0.2) is 8.42 Å². The summed E-state index contributed by atoms with van der Waals surface area (Å²) in [6.07, 6.45) is 4.17. The molecule has 3 heterocycles. The van der Waals surface area contributed by atoms with Crippen LogP contribution >= 0.6 is 11.8 Å². The Morgan fingerprint density at radius 3 is 2.95 bits per heavy atom. The molecule has 3 aliphatic heterocycles. The molecule has 1 N–H and O–H groups in total. The molecule has 0 radical (unpaired) electrons. The second kappa shape index (κ2) is 5.54. The van der Waals surface area contributed by atoms with Crippen LogP contribution in [0.25, 0.3) is 0 Å². The summed E-state index contributed by atoms with van der Waals surface area (Å²) in [4.78, 5) is 0. The van der Waals surface area contributed by atoms with Crippen molar-refractivity contribution in [1.29, 1.82) is 0 Å². The van der Waals surface area contributed by atoms with E-state index in [4.69, 9.17) is 4.74 Å². The summed E-state index contributed by atoms with van der Waals surface area (Å²) in [6, 6.07) is 0.510. The van der Waals surface area contributed by atoms with E-state index in [-0.39, 0.29) is 5.60 Å². The maximum absolute atomic E-state index is 11.4. The highest BCUT2D eigenvalue weighted by Gasteiger charge is 2.40. The average Bonchev–Trinajstić information content (AvgIpc) is 2.94. The van der Waals surface area contributed by atoms with Crippen LogP contribution in [0.2, 0.25) is 0 Å². The fourth-order valence-electron chi connectivity index (χ4n) is 3.43. The third-order valence-electron chi connectivity index (χ3n) is 4.58. The SMILES string of the molecule is O=S1(=O)CCC(CNC2CCOC3(CCSC3)C2)C1. The first-order valence-corrected chi connectivity index (χ1v) is 10.2. The zero-order valence-corrected chi connectivity index (χ0v) is 12.9. The van der Waals surface area contributed by atoms with Crippen molar-refractivity contribution in [3.8, 4) is 0 Å². The number of ether oxygens (including phenoxy) is 1. The van der Waals surface area contributed by atoms with Gasteiger partial charge in [0.1, 0.15) is 0 Å². The highest BCUT2D eigenvalue weighted by molar-refractivity contribution is 7.99. The van der Waals surface area contributed by atoms with Crippen molar-refractivity contribution in [2.45, 2.75) is 37.3 Å². The molecule has 3 aliphatic rings. The van der Waals surface area contributed by atoms with Gasteiger partial charge >= 0.3 is 0 Å². The molecule has 3 atom stereocenters. The van der Waals surface area contributed by atoms with Gasteiger partial charge in [-0.2, -0.15) is 11.8 Å². The van der Waals surface area contributed by atoms with Crippen molar-refractivity contribution in [2.75, 3.05) is 36.2 Å². The average molecular weight is 305 g/mol. The van der Waals surface area contributed by atoms with E-state index in [1.54, 1.807) is 0 Å². The van der Waals surface area contributed by atoms with Crippen LogP contribution in [0.4, 0.5) is 0 Å². The van der Waals surface area contributed by atoms with E-state index in [0.717, 1.165) is 38.2 Å². The Balaban J connectivity index is 1.48. The molecule has 110 valence electrons. The number of hydrogen-bond donors (Lipinski definition) is 1. The van der Waals surface area contributed by atoms with Gasteiger partial charge in [-0.1, -0.05) is 0 Å². The molecular formula is C13H23NO3S2. The van der Waals surface area contributed by atoms with Crippen LogP contribution in [0.1, 0.15) is 25.7 Å². The molecule has 0 aliphatic carbocycles. The molecule has 3 saturated heterocycles. The van der Waals surface area contributed by atoms with Crippen LogP contribution in [-0.2, 0) is 14.6 Å². The second-order valence-corrected chi connectivity index (χ2v) is 9.53. The van der Waals surface area contributed by atoms with Crippen molar-refractivity contribution in [2.24, 2.45) is 5.92 Å². The number of nitrogens with one attached hydrogen (secondary N) is 1. The molecule has 0 aromatic carbocycles. The van der Waals surface area contributed by atoms with Gasteiger partial charge in [0, 0.05) is 18.4 Å². The van der Waals surface area contributed by atoms with E-state index in [0.29, 0.717) is 23.5 Å². The molecule has 6 heteroatoms. The monoisotopic (exact) mass is 305 g/mol. The third-order valence-corrected chi connectivity index (χ3v) is 7.64. The summed E-state index contributed by atoms with van der Waals surface area (Å²) in [6.45, 7) is 1.70. The first-order chi connectivity index (χ1) is 9.07. The molecule has 0 amide bonds. The van der Waals surface area contributed by atoms with Crippen LogP contribution in [0.5, 0.6) is 0 Å². The lowest BCUT2D eigenvalue weighted by molar-refractivity contribution is -0.0703. The fourth-order valence-corrected chi connectivity index (χ4v) is 6.67. The van der Waals surface area contributed by atoms with Gasteiger partial charge in [-0.15, -0.1) is 0 Å². The second-order valence-electron chi connectivity index (χ2n) is 6.20. The van der Waals surface area contributed by atoms with Crippen molar-refractivity contribution in [3.05, 3.63) is 0 Å². The summed E-state index contributed by atoms with van der Waals surface area (Å²) < 4.78 is 28.9. The number of rotatable bonds is 3. The van der Waals surface area contributed by atoms with Crippen molar-refractivity contribution < 1.29 is 13.2 Å². The topological polar surface area (TPSA) is 55.4 Å². The Hall–Kier alpha value is 0.220. The molecule has 0 saturated carbocycles.